The molecule has 2 heterocycles. The molecule has 1 aliphatic heterocycles. The van der Waals surface area contributed by atoms with E-state index >= 15 is 0 Å². The fourth-order valence-corrected chi connectivity index (χ4v) is 3.48. The number of aromatic nitrogens is 2. The number of hydrogen-bond acceptors (Lipinski definition) is 4. The van der Waals surface area contributed by atoms with Gasteiger partial charge in [-0.25, -0.2) is 0 Å². The second-order valence-corrected chi connectivity index (χ2v) is 6.90. The molecule has 1 saturated heterocycles. The number of nitrogens with zero attached hydrogens (tertiary/aromatic N) is 2. The third kappa shape index (κ3) is 2.34. The van der Waals surface area contributed by atoms with E-state index in [1.807, 2.05) is 12.1 Å². The standard InChI is InChI=1S/C17H19ClN2O2/c1-11-10-14(11)15-19-20-16(22-15)17(6-8-21-9-7-17)12-2-4-13(18)5-3-12/h2-5,11,14H,6-10H2,1H3/t11-,14+/m1/s1. The van der Waals surface area contributed by atoms with Gasteiger partial charge < -0.3 is 9.15 Å². The first-order chi connectivity index (χ1) is 10.7. The van der Waals surface area contributed by atoms with Crippen LogP contribution in [0.4, 0.5) is 0 Å². The highest BCUT2D eigenvalue weighted by atomic mass is 35.5. The zero-order chi connectivity index (χ0) is 15.2. The van der Waals surface area contributed by atoms with E-state index in [0.717, 1.165) is 36.1 Å². The maximum absolute atomic E-state index is 6.09. The summed E-state index contributed by atoms with van der Waals surface area (Å²) in [4.78, 5) is 0. The van der Waals surface area contributed by atoms with Gasteiger partial charge in [0.15, 0.2) is 0 Å². The normalized spacial score (nSPS) is 26.8. The smallest absolute Gasteiger partial charge is 0.227 e. The Morgan fingerprint density at radius 3 is 2.45 bits per heavy atom. The first kappa shape index (κ1) is 14.2. The summed E-state index contributed by atoms with van der Waals surface area (Å²) in [5.41, 5.74) is 0.936. The van der Waals surface area contributed by atoms with Gasteiger partial charge in [0.05, 0.1) is 5.41 Å². The summed E-state index contributed by atoms with van der Waals surface area (Å²) in [6.45, 7) is 3.64. The van der Waals surface area contributed by atoms with Crippen LogP contribution in [-0.2, 0) is 10.2 Å². The summed E-state index contributed by atoms with van der Waals surface area (Å²) in [6.07, 6.45) is 2.87. The molecule has 0 unspecified atom stereocenters. The van der Waals surface area contributed by atoms with E-state index in [1.54, 1.807) is 0 Å². The molecule has 1 saturated carbocycles. The van der Waals surface area contributed by atoms with Crippen LogP contribution in [-0.4, -0.2) is 23.4 Å². The van der Waals surface area contributed by atoms with Gasteiger partial charge >= 0.3 is 0 Å². The fraction of sp³-hybridized carbons (Fsp3) is 0.529. The van der Waals surface area contributed by atoms with Crippen LogP contribution in [0.25, 0.3) is 0 Å². The van der Waals surface area contributed by atoms with Gasteiger partial charge in [-0.15, -0.1) is 10.2 Å². The van der Waals surface area contributed by atoms with Crippen LogP contribution in [0.2, 0.25) is 5.02 Å². The highest BCUT2D eigenvalue weighted by Crippen LogP contribution is 2.48. The van der Waals surface area contributed by atoms with Crippen molar-refractivity contribution in [2.45, 2.75) is 37.5 Å². The van der Waals surface area contributed by atoms with Gasteiger partial charge in [0.25, 0.3) is 0 Å². The van der Waals surface area contributed by atoms with Crippen molar-refractivity contribution in [1.29, 1.82) is 0 Å². The summed E-state index contributed by atoms with van der Waals surface area (Å²) >= 11 is 6.04. The van der Waals surface area contributed by atoms with Crippen molar-refractivity contribution in [3.05, 3.63) is 46.6 Å². The van der Waals surface area contributed by atoms with Gasteiger partial charge in [0, 0.05) is 24.2 Å². The third-order valence-electron chi connectivity index (χ3n) is 5.02. The molecule has 5 heteroatoms. The maximum Gasteiger partial charge on any atom is 0.227 e. The van der Waals surface area contributed by atoms with Gasteiger partial charge in [-0.3, -0.25) is 0 Å². The molecule has 2 aromatic rings. The topological polar surface area (TPSA) is 48.2 Å². The first-order valence-corrected chi connectivity index (χ1v) is 8.24. The van der Waals surface area contributed by atoms with Gasteiger partial charge in [-0.1, -0.05) is 30.7 Å². The van der Waals surface area contributed by atoms with Crippen LogP contribution in [0, 0.1) is 5.92 Å². The largest absolute Gasteiger partial charge is 0.424 e. The van der Waals surface area contributed by atoms with E-state index in [4.69, 9.17) is 20.8 Å². The first-order valence-electron chi connectivity index (χ1n) is 7.87. The summed E-state index contributed by atoms with van der Waals surface area (Å²) in [6, 6.07) is 7.98. The van der Waals surface area contributed by atoms with Crippen molar-refractivity contribution in [3.63, 3.8) is 0 Å². The molecule has 1 aromatic carbocycles. The molecule has 4 rings (SSSR count). The minimum absolute atomic E-state index is 0.244. The third-order valence-corrected chi connectivity index (χ3v) is 5.27. The monoisotopic (exact) mass is 318 g/mol. The van der Waals surface area contributed by atoms with Crippen molar-refractivity contribution >= 4 is 11.6 Å². The van der Waals surface area contributed by atoms with E-state index in [0.29, 0.717) is 25.0 Å². The second kappa shape index (κ2) is 5.36. The quantitative estimate of drug-likeness (QED) is 0.860. The SMILES string of the molecule is C[C@@H]1C[C@@H]1c1nnc(C2(c3ccc(Cl)cc3)CCOCC2)o1. The van der Waals surface area contributed by atoms with Gasteiger partial charge in [-0.2, -0.15) is 0 Å². The Morgan fingerprint density at radius 1 is 1.14 bits per heavy atom. The number of hydrogen-bond donors (Lipinski definition) is 0. The summed E-state index contributed by atoms with van der Waals surface area (Å²) in [7, 11) is 0. The minimum atomic E-state index is -0.244. The average molecular weight is 319 g/mol. The van der Waals surface area contributed by atoms with Gasteiger partial charge in [0.2, 0.25) is 11.8 Å². The molecule has 2 atom stereocenters. The van der Waals surface area contributed by atoms with Crippen LogP contribution < -0.4 is 0 Å². The molecule has 1 aliphatic carbocycles. The van der Waals surface area contributed by atoms with Crippen LogP contribution in [0.3, 0.4) is 0 Å². The van der Waals surface area contributed by atoms with Crippen molar-refractivity contribution in [1.82, 2.24) is 10.2 Å². The molecule has 4 nitrogen and oxygen atoms in total. The number of halogens is 1. The van der Waals surface area contributed by atoms with Crippen LogP contribution in [0.1, 0.15) is 49.4 Å². The molecule has 22 heavy (non-hydrogen) atoms. The summed E-state index contributed by atoms with van der Waals surface area (Å²) in [5, 5.41) is 9.45. The molecule has 0 bridgehead atoms. The predicted octanol–water partition coefficient (Wildman–Crippen LogP) is 3.94. The lowest BCUT2D eigenvalue weighted by molar-refractivity contribution is 0.0540. The van der Waals surface area contributed by atoms with Crippen LogP contribution >= 0.6 is 11.6 Å². The van der Waals surface area contributed by atoms with Crippen molar-refractivity contribution in [2.75, 3.05) is 13.2 Å². The molecule has 2 fully saturated rings. The molecule has 1 aromatic heterocycles. The van der Waals surface area contributed by atoms with Crippen molar-refractivity contribution < 1.29 is 9.15 Å². The van der Waals surface area contributed by atoms with E-state index in [2.05, 4.69) is 29.3 Å². The lowest BCUT2D eigenvalue weighted by atomic mass is 9.74. The molecular weight excluding hydrogens is 300 g/mol. The highest BCUT2D eigenvalue weighted by molar-refractivity contribution is 6.30. The Labute approximate surface area is 134 Å². The highest BCUT2D eigenvalue weighted by Gasteiger charge is 2.44. The lowest BCUT2D eigenvalue weighted by Crippen LogP contribution is -2.35. The molecule has 116 valence electrons. The minimum Gasteiger partial charge on any atom is -0.424 e. The predicted molar refractivity (Wildman–Crippen MR) is 83.1 cm³/mol. The Morgan fingerprint density at radius 2 is 1.82 bits per heavy atom. The zero-order valence-electron chi connectivity index (χ0n) is 12.6. The average Bonchev–Trinajstić information content (AvgIpc) is 3.08. The Balaban J connectivity index is 1.74. The van der Waals surface area contributed by atoms with Gasteiger partial charge in [0.1, 0.15) is 0 Å². The maximum atomic E-state index is 6.09. The van der Waals surface area contributed by atoms with Gasteiger partial charge in [-0.05, 0) is 42.9 Å². The molecule has 0 spiro atoms. The van der Waals surface area contributed by atoms with E-state index in [9.17, 15) is 0 Å². The van der Waals surface area contributed by atoms with Crippen molar-refractivity contribution in [2.24, 2.45) is 5.92 Å². The molecule has 0 amide bonds. The number of ether oxygens (including phenoxy) is 1. The second-order valence-electron chi connectivity index (χ2n) is 6.47. The Hall–Kier alpha value is -1.39. The molecule has 2 aliphatic rings. The molecular formula is C17H19ClN2O2. The fourth-order valence-electron chi connectivity index (χ4n) is 3.36. The van der Waals surface area contributed by atoms with Crippen LogP contribution in [0.15, 0.2) is 28.7 Å². The Kier molecular flexibility index (Phi) is 3.46. The lowest BCUT2D eigenvalue weighted by Gasteiger charge is -2.34. The van der Waals surface area contributed by atoms with Crippen molar-refractivity contribution in [3.8, 4) is 0 Å². The van der Waals surface area contributed by atoms with E-state index in [1.165, 1.54) is 5.56 Å². The molecule has 0 N–H and O–H groups in total. The van der Waals surface area contributed by atoms with Crippen LogP contribution in [0.5, 0.6) is 0 Å². The van der Waals surface area contributed by atoms with E-state index < -0.39 is 0 Å². The number of rotatable bonds is 3. The summed E-state index contributed by atoms with van der Waals surface area (Å²) < 4.78 is 11.7. The molecule has 0 radical (unpaired) electrons. The number of benzene rings is 1. The van der Waals surface area contributed by atoms with E-state index in [-0.39, 0.29) is 5.41 Å². The summed E-state index contributed by atoms with van der Waals surface area (Å²) in [5.74, 6) is 2.63. The zero-order valence-corrected chi connectivity index (χ0v) is 13.3. The Bertz CT molecular complexity index is 662.